The minimum absolute atomic E-state index is 0.00694. The van der Waals surface area contributed by atoms with Gasteiger partial charge in [0.25, 0.3) is 5.22 Å². The van der Waals surface area contributed by atoms with Crippen molar-refractivity contribution in [3.05, 3.63) is 5.89 Å². The molecule has 0 radical (unpaired) electrons. The fourth-order valence-electron chi connectivity index (χ4n) is 0.934. The summed E-state index contributed by atoms with van der Waals surface area (Å²) in [5.74, 6) is 0.384. The molecule has 1 rings (SSSR count). The highest BCUT2D eigenvalue weighted by atomic mass is 32.2. The fourth-order valence-corrected chi connectivity index (χ4v) is 1.78. The molecule has 0 aromatic carbocycles. The third-order valence-electron chi connectivity index (χ3n) is 1.69. The van der Waals surface area contributed by atoms with Gasteiger partial charge in [-0.15, -0.1) is 10.2 Å². The average Bonchev–Trinajstić information content (AvgIpc) is 2.64. The van der Waals surface area contributed by atoms with Crippen LogP contribution in [0.2, 0.25) is 0 Å². The average molecular weight is 230 g/mol. The van der Waals surface area contributed by atoms with Crippen LogP contribution in [-0.4, -0.2) is 40.3 Å². The number of amides is 1. The van der Waals surface area contributed by atoms with Gasteiger partial charge in [-0.05, 0) is 6.92 Å². The molecular weight excluding hydrogens is 216 g/mol. The number of hydrogen-bond donors (Lipinski definition) is 1. The van der Waals surface area contributed by atoms with Crippen LogP contribution in [-0.2, 0) is 11.3 Å². The maximum atomic E-state index is 11.5. The summed E-state index contributed by atoms with van der Waals surface area (Å²) < 4.78 is 5.18. The quantitative estimate of drug-likeness (QED) is 0.738. The predicted molar refractivity (Wildman–Crippen MR) is 56.2 cm³/mol. The number of nitrogens with two attached hydrogens (primary N) is 1. The zero-order chi connectivity index (χ0) is 11.4. The summed E-state index contributed by atoms with van der Waals surface area (Å²) in [5, 5.41) is 7.60. The van der Waals surface area contributed by atoms with Crippen LogP contribution in [0, 0.1) is 0 Å². The van der Waals surface area contributed by atoms with Gasteiger partial charge in [-0.25, -0.2) is 0 Å². The van der Waals surface area contributed by atoms with Gasteiger partial charge in [-0.1, -0.05) is 11.8 Å². The molecule has 0 spiro atoms. The van der Waals surface area contributed by atoms with E-state index in [1.54, 1.807) is 21.0 Å². The van der Waals surface area contributed by atoms with Gasteiger partial charge in [-0.3, -0.25) is 4.79 Å². The van der Waals surface area contributed by atoms with E-state index in [9.17, 15) is 4.79 Å². The first-order valence-corrected chi connectivity index (χ1v) is 5.32. The number of thioether (sulfide) groups is 1. The van der Waals surface area contributed by atoms with Crippen LogP contribution < -0.4 is 5.73 Å². The molecule has 0 fully saturated rings. The molecule has 0 aliphatic heterocycles. The van der Waals surface area contributed by atoms with E-state index in [1.807, 2.05) is 0 Å². The van der Waals surface area contributed by atoms with E-state index in [0.717, 1.165) is 0 Å². The van der Waals surface area contributed by atoms with Gasteiger partial charge in [0, 0.05) is 14.1 Å². The molecule has 0 saturated heterocycles. The second-order valence-electron chi connectivity index (χ2n) is 3.16. The molecule has 1 unspecified atom stereocenters. The predicted octanol–water partition coefficient (Wildman–Crippen LogP) is 0.0971. The summed E-state index contributed by atoms with van der Waals surface area (Å²) in [6.45, 7) is 2.00. The monoisotopic (exact) mass is 230 g/mol. The number of aromatic nitrogens is 2. The van der Waals surface area contributed by atoms with Crippen molar-refractivity contribution in [1.29, 1.82) is 0 Å². The van der Waals surface area contributed by atoms with Crippen molar-refractivity contribution in [2.24, 2.45) is 5.73 Å². The summed E-state index contributed by atoms with van der Waals surface area (Å²) in [6, 6.07) is 0. The lowest BCUT2D eigenvalue weighted by Crippen LogP contribution is -2.29. The number of carbonyl (C=O) groups excluding carboxylic acids is 1. The van der Waals surface area contributed by atoms with Crippen LogP contribution >= 0.6 is 11.8 Å². The maximum absolute atomic E-state index is 11.5. The molecule has 0 saturated carbocycles. The Hall–Kier alpha value is -1.08. The second kappa shape index (κ2) is 5.13. The molecule has 7 heteroatoms. The molecular formula is C8H14N4O2S. The van der Waals surface area contributed by atoms with Crippen LogP contribution in [0.1, 0.15) is 12.8 Å². The Morgan fingerprint density at radius 3 is 2.73 bits per heavy atom. The van der Waals surface area contributed by atoms with Crippen molar-refractivity contribution in [2.75, 3.05) is 14.1 Å². The summed E-state index contributed by atoms with van der Waals surface area (Å²) in [5.41, 5.74) is 5.32. The molecule has 84 valence electrons. The first-order valence-electron chi connectivity index (χ1n) is 4.45. The van der Waals surface area contributed by atoms with Crippen molar-refractivity contribution in [3.63, 3.8) is 0 Å². The van der Waals surface area contributed by atoms with E-state index in [1.165, 1.54) is 16.7 Å². The van der Waals surface area contributed by atoms with E-state index < -0.39 is 0 Å². The van der Waals surface area contributed by atoms with Gasteiger partial charge >= 0.3 is 0 Å². The Kier molecular flexibility index (Phi) is 4.10. The molecule has 1 amide bonds. The Morgan fingerprint density at radius 2 is 2.27 bits per heavy atom. The van der Waals surface area contributed by atoms with E-state index in [4.69, 9.17) is 10.2 Å². The van der Waals surface area contributed by atoms with Crippen LogP contribution in [0.15, 0.2) is 9.64 Å². The lowest BCUT2D eigenvalue weighted by atomic mass is 10.4. The number of hydrogen-bond acceptors (Lipinski definition) is 6. The molecule has 0 aliphatic carbocycles. The molecule has 2 N–H and O–H groups in total. The zero-order valence-corrected chi connectivity index (χ0v) is 9.74. The zero-order valence-electron chi connectivity index (χ0n) is 8.93. The van der Waals surface area contributed by atoms with Gasteiger partial charge in [0.05, 0.1) is 11.8 Å². The van der Waals surface area contributed by atoms with Crippen molar-refractivity contribution in [3.8, 4) is 0 Å². The SMILES string of the molecule is CC(Sc1nnc(CN)o1)C(=O)N(C)C. The summed E-state index contributed by atoms with van der Waals surface area (Å²) >= 11 is 1.23. The second-order valence-corrected chi connectivity index (χ2v) is 4.45. The molecule has 1 aromatic rings. The molecule has 0 aliphatic rings. The Labute approximate surface area is 92.2 Å². The normalized spacial score (nSPS) is 12.5. The van der Waals surface area contributed by atoms with Crippen LogP contribution in [0.3, 0.4) is 0 Å². The summed E-state index contributed by atoms with van der Waals surface area (Å²) in [4.78, 5) is 13.0. The van der Waals surface area contributed by atoms with Crippen molar-refractivity contribution in [1.82, 2.24) is 15.1 Å². The van der Waals surface area contributed by atoms with Crippen molar-refractivity contribution >= 4 is 17.7 Å². The van der Waals surface area contributed by atoms with E-state index >= 15 is 0 Å². The first kappa shape index (κ1) is 12.0. The molecule has 1 heterocycles. The van der Waals surface area contributed by atoms with Gasteiger partial charge in [0.15, 0.2) is 0 Å². The maximum Gasteiger partial charge on any atom is 0.277 e. The highest BCUT2D eigenvalue weighted by molar-refractivity contribution is 8.00. The number of nitrogens with zero attached hydrogens (tertiary/aromatic N) is 3. The third kappa shape index (κ3) is 3.21. The van der Waals surface area contributed by atoms with Crippen molar-refractivity contribution < 1.29 is 9.21 Å². The Morgan fingerprint density at radius 1 is 1.60 bits per heavy atom. The van der Waals surface area contributed by atoms with E-state index in [2.05, 4.69) is 10.2 Å². The van der Waals surface area contributed by atoms with Crippen LogP contribution in [0.4, 0.5) is 0 Å². The molecule has 0 bridgehead atoms. The molecule has 1 atom stereocenters. The third-order valence-corrected chi connectivity index (χ3v) is 2.61. The van der Waals surface area contributed by atoms with Gasteiger partial charge in [-0.2, -0.15) is 0 Å². The first-order chi connectivity index (χ1) is 7.04. The smallest absolute Gasteiger partial charge is 0.277 e. The lowest BCUT2D eigenvalue weighted by molar-refractivity contribution is -0.127. The van der Waals surface area contributed by atoms with Crippen LogP contribution in [0.5, 0.6) is 0 Å². The van der Waals surface area contributed by atoms with Crippen molar-refractivity contribution in [2.45, 2.75) is 23.9 Å². The topological polar surface area (TPSA) is 85.2 Å². The Bertz CT molecular complexity index is 339. The summed E-state index contributed by atoms with van der Waals surface area (Å²) in [6.07, 6.45) is 0. The minimum atomic E-state index is -0.244. The summed E-state index contributed by atoms with van der Waals surface area (Å²) in [7, 11) is 3.41. The van der Waals surface area contributed by atoms with E-state index in [0.29, 0.717) is 11.1 Å². The number of rotatable bonds is 4. The molecule has 1 aromatic heterocycles. The van der Waals surface area contributed by atoms with Gasteiger partial charge in [0.2, 0.25) is 11.8 Å². The largest absolute Gasteiger partial charge is 0.415 e. The lowest BCUT2D eigenvalue weighted by Gasteiger charge is -2.14. The van der Waals surface area contributed by atoms with E-state index in [-0.39, 0.29) is 17.7 Å². The fraction of sp³-hybridized carbons (Fsp3) is 0.625. The highest BCUT2D eigenvalue weighted by Crippen LogP contribution is 2.22. The Balaban J connectivity index is 2.58. The van der Waals surface area contributed by atoms with Gasteiger partial charge < -0.3 is 15.1 Å². The molecule has 15 heavy (non-hydrogen) atoms. The standard InChI is InChI=1S/C8H14N4O2S/c1-5(7(13)12(2)3)15-8-11-10-6(4-9)14-8/h5H,4,9H2,1-3H3. The molecule has 6 nitrogen and oxygen atoms in total. The highest BCUT2D eigenvalue weighted by Gasteiger charge is 2.19. The minimum Gasteiger partial charge on any atom is -0.415 e. The van der Waals surface area contributed by atoms with Crippen LogP contribution in [0.25, 0.3) is 0 Å². The number of carbonyl (C=O) groups is 1. The van der Waals surface area contributed by atoms with Gasteiger partial charge in [0.1, 0.15) is 0 Å².